The normalized spacial score (nSPS) is 15.2. The maximum absolute atomic E-state index is 12.8. The van der Waals surface area contributed by atoms with E-state index in [0.29, 0.717) is 48.9 Å². The van der Waals surface area contributed by atoms with Crippen LogP contribution in [0.1, 0.15) is 42.0 Å². The van der Waals surface area contributed by atoms with Crippen molar-refractivity contribution in [2.45, 2.75) is 39.7 Å². The number of ether oxygens (including phenoxy) is 2. The molecule has 0 amide bonds. The fourth-order valence-electron chi connectivity index (χ4n) is 3.79. The summed E-state index contributed by atoms with van der Waals surface area (Å²) in [7, 11) is 1.36. The van der Waals surface area contributed by atoms with Gasteiger partial charge in [-0.1, -0.05) is 26.3 Å². The Hall–Kier alpha value is -2.67. The number of aromatic nitrogens is 2. The van der Waals surface area contributed by atoms with Gasteiger partial charge < -0.3 is 18.9 Å². The van der Waals surface area contributed by atoms with Gasteiger partial charge >= 0.3 is 5.97 Å². The topological polar surface area (TPSA) is 73.7 Å². The number of esters is 1. The van der Waals surface area contributed by atoms with Crippen LogP contribution >= 0.6 is 0 Å². The largest absolute Gasteiger partial charge is 0.492 e. The van der Waals surface area contributed by atoms with Gasteiger partial charge in [0.15, 0.2) is 0 Å². The summed E-state index contributed by atoms with van der Waals surface area (Å²) in [5.74, 6) is 0.417. The van der Waals surface area contributed by atoms with E-state index in [1.54, 1.807) is 10.8 Å². The first kappa shape index (κ1) is 22.0. The maximum atomic E-state index is 12.8. The fourth-order valence-corrected chi connectivity index (χ4v) is 3.79. The van der Waals surface area contributed by atoms with Crippen molar-refractivity contribution in [2.24, 2.45) is 5.92 Å². The third kappa shape index (κ3) is 5.27. The Morgan fingerprint density at radius 2 is 2.10 bits per heavy atom. The minimum atomic E-state index is -0.470. The first-order valence-corrected chi connectivity index (χ1v) is 10.6. The van der Waals surface area contributed by atoms with Gasteiger partial charge in [0.05, 0.1) is 13.7 Å². The molecular weight excluding hydrogens is 382 g/mol. The van der Waals surface area contributed by atoms with E-state index in [1.807, 2.05) is 18.2 Å². The van der Waals surface area contributed by atoms with E-state index < -0.39 is 5.97 Å². The molecule has 3 rings (SSSR count). The number of rotatable bonds is 8. The lowest BCUT2D eigenvalue weighted by Crippen LogP contribution is -2.32. The van der Waals surface area contributed by atoms with Crippen molar-refractivity contribution in [1.82, 2.24) is 14.5 Å². The molecule has 0 fully saturated rings. The molecule has 30 heavy (non-hydrogen) atoms. The molecule has 0 saturated heterocycles. The van der Waals surface area contributed by atoms with Crippen LogP contribution in [0, 0.1) is 5.92 Å². The van der Waals surface area contributed by atoms with Crippen molar-refractivity contribution >= 4 is 5.97 Å². The molecule has 0 saturated carbocycles. The lowest BCUT2D eigenvalue weighted by atomic mass is 10.1. The fraction of sp³-hybridized carbons (Fsp3) is 0.522. The molecule has 0 unspecified atom stereocenters. The summed E-state index contributed by atoms with van der Waals surface area (Å²) < 4.78 is 12.6. The Balaban J connectivity index is 1.84. The molecule has 0 aliphatic carbocycles. The van der Waals surface area contributed by atoms with Gasteiger partial charge in [0.2, 0.25) is 0 Å². The summed E-state index contributed by atoms with van der Waals surface area (Å²) in [6, 6.07) is 7.11. The van der Waals surface area contributed by atoms with Crippen LogP contribution in [0.3, 0.4) is 0 Å². The molecule has 3 heterocycles. The number of hydrogen-bond donors (Lipinski definition) is 0. The van der Waals surface area contributed by atoms with E-state index in [-0.39, 0.29) is 5.56 Å². The zero-order valence-corrected chi connectivity index (χ0v) is 18.1. The predicted octanol–water partition coefficient (Wildman–Crippen LogP) is 2.56. The van der Waals surface area contributed by atoms with Crippen molar-refractivity contribution in [2.75, 3.05) is 33.4 Å². The van der Waals surface area contributed by atoms with Gasteiger partial charge in [0.1, 0.15) is 11.3 Å². The van der Waals surface area contributed by atoms with Crippen LogP contribution in [-0.4, -0.2) is 53.8 Å². The van der Waals surface area contributed by atoms with Crippen molar-refractivity contribution in [1.29, 1.82) is 0 Å². The molecule has 7 nitrogen and oxygen atoms in total. The van der Waals surface area contributed by atoms with E-state index in [9.17, 15) is 9.59 Å². The zero-order valence-electron chi connectivity index (χ0n) is 18.1. The number of pyridine rings is 2. The number of carbonyl (C=O) groups excluding carboxylic acids is 1. The number of hydrogen-bond acceptors (Lipinski definition) is 6. The Labute approximate surface area is 177 Å². The quantitative estimate of drug-likeness (QED) is 0.620. The molecule has 1 aliphatic rings. The zero-order chi connectivity index (χ0) is 21.5. The maximum Gasteiger partial charge on any atom is 0.343 e. The van der Waals surface area contributed by atoms with Crippen LogP contribution in [-0.2, 0) is 24.1 Å². The molecular formula is C23H31N3O4. The standard InChI is InChI=1S/C23H31N3O4/c1-4-17(2)16-25-11-8-19-22(23(28)29-3)20(15-21(27)26(19)13-12-25)30-14-9-18-7-5-6-10-24-18/h5-7,10,15,17H,4,8-9,11-14,16H2,1-3H3/t17-/m0/s1. The lowest BCUT2D eigenvalue weighted by molar-refractivity contribution is 0.0593. The molecule has 0 radical (unpaired) electrons. The van der Waals surface area contributed by atoms with Crippen LogP contribution in [0.15, 0.2) is 35.3 Å². The third-order valence-corrected chi connectivity index (χ3v) is 5.68. The average Bonchev–Trinajstić information content (AvgIpc) is 2.97. The second kappa shape index (κ2) is 10.4. The SMILES string of the molecule is CC[C@H](C)CN1CCc2c(C(=O)OC)c(OCCc3ccccn3)cc(=O)n2CC1. The molecule has 1 aliphatic heterocycles. The van der Waals surface area contributed by atoms with E-state index >= 15 is 0 Å². The smallest absolute Gasteiger partial charge is 0.343 e. The Bertz CT molecular complexity index is 911. The summed E-state index contributed by atoms with van der Waals surface area (Å²) in [5.41, 5.74) is 1.82. The van der Waals surface area contributed by atoms with Crippen molar-refractivity contribution in [3.8, 4) is 5.75 Å². The monoisotopic (exact) mass is 413 g/mol. The predicted molar refractivity (Wildman–Crippen MR) is 115 cm³/mol. The second-order valence-electron chi connectivity index (χ2n) is 7.80. The van der Waals surface area contributed by atoms with E-state index in [4.69, 9.17) is 9.47 Å². The number of carbonyl (C=O) groups is 1. The summed E-state index contributed by atoms with van der Waals surface area (Å²) in [5, 5.41) is 0. The van der Waals surface area contributed by atoms with E-state index in [2.05, 4.69) is 23.7 Å². The Morgan fingerprint density at radius 1 is 1.27 bits per heavy atom. The molecule has 162 valence electrons. The van der Waals surface area contributed by atoms with Crippen LogP contribution in [0.2, 0.25) is 0 Å². The minimum Gasteiger partial charge on any atom is -0.492 e. The van der Waals surface area contributed by atoms with E-state index in [0.717, 1.165) is 31.7 Å². The van der Waals surface area contributed by atoms with Crippen LogP contribution in [0.4, 0.5) is 0 Å². The number of fused-ring (bicyclic) bond motifs is 1. The van der Waals surface area contributed by atoms with Gasteiger partial charge in [-0.05, 0) is 18.1 Å². The van der Waals surface area contributed by atoms with Crippen LogP contribution in [0.5, 0.6) is 5.75 Å². The van der Waals surface area contributed by atoms with Gasteiger partial charge in [-0.15, -0.1) is 0 Å². The van der Waals surface area contributed by atoms with Gasteiger partial charge in [0, 0.05) is 62.7 Å². The number of methoxy groups -OCH3 is 1. The summed E-state index contributed by atoms with van der Waals surface area (Å²) in [4.78, 5) is 32.1. The van der Waals surface area contributed by atoms with Gasteiger partial charge in [-0.3, -0.25) is 9.78 Å². The first-order valence-electron chi connectivity index (χ1n) is 10.6. The molecule has 0 spiro atoms. The Kier molecular flexibility index (Phi) is 7.63. The molecule has 1 atom stereocenters. The molecule has 0 bridgehead atoms. The van der Waals surface area contributed by atoms with Crippen molar-refractivity contribution in [3.05, 3.63) is 57.8 Å². The lowest BCUT2D eigenvalue weighted by Gasteiger charge is -2.22. The average molecular weight is 414 g/mol. The Morgan fingerprint density at radius 3 is 2.80 bits per heavy atom. The van der Waals surface area contributed by atoms with Gasteiger partial charge in [0.25, 0.3) is 5.56 Å². The molecule has 2 aromatic rings. The summed E-state index contributed by atoms with van der Waals surface area (Å²) in [6.07, 6.45) is 4.04. The minimum absolute atomic E-state index is 0.143. The highest BCUT2D eigenvalue weighted by molar-refractivity contribution is 5.93. The highest BCUT2D eigenvalue weighted by Gasteiger charge is 2.26. The first-order chi connectivity index (χ1) is 14.5. The van der Waals surface area contributed by atoms with Crippen molar-refractivity contribution in [3.63, 3.8) is 0 Å². The molecule has 0 N–H and O–H groups in total. The van der Waals surface area contributed by atoms with Crippen LogP contribution in [0.25, 0.3) is 0 Å². The van der Waals surface area contributed by atoms with Gasteiger partial charge in [-0.25, -0.2) is 4.79 Å². The summed E-state index contributed by atoms with van der Waals surface area (Å²) in [6.45, 7) is 7.87. The summed E-state index contributed by atoms with van der Waals surface area (Å²) >= 11 is 0. The molecule has 0 aromatic carbocycles. The molecule has 7 heteroatoms. The third-order valence-electron chi connectivity index (χ3n) is 5.68. The highest BCUT2D eigenvalue weighted by atomic mass is 16.5. The van der Waals surface area contributed by atoms with Gasteiger partial charge in [-0.2, -0.15) is 0 Å². The van der Waals surface area contributed by atoms with Crippen molar-refractivity contribution < 1.29 is 14.3 Å². The highest BCUT2D eigenvalue weighted by Crippen LogP contribution is 2.24. The molecule has 2 aromatic heterocycles. The van der Waals surface area contributed by atoms with Crippen LogP contribution < -0.4 is 10.3 Å². The second-order valence-corrected chi connectivity index (χ2v) is 7.80. The van der Waals surface area contributed by atoms with E-state index in [1.165, 1.54) is 13.2 Å². The number of nitrogens with zero attached hydrogens (tertiary/aromatic N) is 3.